The van der Waals surface area contributed by atoms with Crippen LogP contribution in [0.4, 0.5) is 17.1 Å². The van der Waals surface area contributed by atoms with Crippen LogP contribution in [0.3, 0.4) is 0 Å². The minimum Gasteiger partial charge on any atom is -0.227 e. The van der Waals surface area contributed by atoms with Crippen LogP contribution in [0.25, 0.3) is 0 Å². The zero-order valence-corrected chi connectivity index (χ0v) is 13.7. The third-order valence-corrected chi connectivity index (χ3v) is 4.44. The predicted molar refractivity (Wildman–Crippen MR) is 100 cm³/mol. The van der Waals surface area contributed by atoms with E-state index in [0.29, 0.717) is 0 Å². The fourth-order valence-corrected chi connectivity index (χ4v) is 3.28. The van der Waals surface area contributed by atoms with E-state index >= 15 is 0 Å². The van der Waals surface area contributed by atoms with Gasteiger partial charge in [-0.2, -0.15) is 0 Å². The Hall–Kier alpha value is -2.38. The molecule has 1 heteroatoms. The molecule has 0 atom stereocenters. The first-order valence-corrected chi connectivity index (χ1v) is 8.43. The van der Waals surface area contributed by atoms with Gasteiger partial charge < -0.3 is 0 Å². The minimum atomic E-state index is 0.774. The molecule has 0 aliphatic rings. The van der Waals surface area contributed by atoms with E-state index in [1.165, 1.54) is 29.9 Å². The first-order valence-electron chi connectivity index (χ1n) is 8.43. The third kappa shape index (κ3) is 3.06. The van der Waals surface area contributed by atoms with E-state index in [0.717, 1.165) is 11.0 Å². The Morgan fingerprint density at radius 2 is 0.913 bits per heavy atom. The molecule has 3 rings (SSSR count). The zero-order valence-electron chi connectivity index (χ0n) is 13.7. The second-order valence-electron chi connectivity index (χ2n) is 5.89. The molecule has 0 saturated heterocycles. The summed E-state index contributed by atoms with van der Waals surface area (Å²) in [6.07, 6.45) is 2.37. The highest BCUT2D eigenvalue weighted by molar-refractivity contribution is 5.70. The van der Waals surface area contributed by atoms with Gasteiger partial charge >= 0.3 is 0 Å². The predicted octanol–water partition coefficient (Wildman–Crippen LogP) is 6.46. The van der Waals surface area contributed by atoms with Crippen molar-refractivity contribution in [3.8, 4) is 0 Å². The number of nitrogens with zero attached hydrogens (tertiary/aromatic N) is 1. The van der Waals surface area contributed by atoms with Crippen molar-refractivity contribution in [2.75, 3.05) is 6.54 Å². The van der Waals surface area contributed by atoms with E-state index in [-0.39, 0.29) is 0 Å². The van der Waals surface area contributed by atoms with Crippen molar-refractivity contribution in [1.82, 2.24) is 4.48 Å². The summed E-state index contributed by atoms with van der Waals surface area (Å²) in [5, 5.41) is 0. The number of unbranched alkanes of at least 4 members (excludes halogenated alkanes) is 1. The second-order valence-corrected chi connectivity index (χ2v) is 5.89. The SMILES string of the molecule is CCCC[N+](c1ccccc1)(c1ccccc1)c1ccccc1. The Labute approximate surface area is 139 Å². The average Bonchev–Trinajstić information content (AvgIpc) is 2.65. The Morgan fingerprint density at radius 1 is 0.565 bits per heavy atom. The maximum absolute atomic E-state index is 2.26. The summed E-state index contributed by atoms with van der Waals surface area (Å²) in [7, 11) is 0. The highest BCUT2D eigenvalue weighted by Gasteiger charge is 2.35. The van der Waals surface area contributed by atoms with Gasteiger partial charge in [0, 0.05) is 0 Å². The van der Waals surface area contributed by atoms with Gasteiger partial charge in [-0.25, -0.2) is 4.48 Å². The zero-order chi connectivity index (χ0) is 16.0. The fraction of sp³-hybridized carbons (Fsp3) is 0.182. The minimum absolute atomic E-state index is 0.774. The standard InChI is InChI=1S/C22H24N/c1-2-3-19-23(20-13-7-4-8-14-20,21-15-9-5-10-16-21)22-17-11-6-12-18-22/h4-18H,2-3,19H2,1H3/q+1. The lowest BCUT2D eigenvalue weighted by atomic mass is 10.1. The molecule has 116 valence electrons. The van der Waals surface area contributed by atoms with Gasteiger partial charge in [-0.05, 0) is 42.8 Å². The van der Waals surface area contributed by atoms with Crippen molar-refractivity contribution < 1.29 is 0 Å². The van der Waals surface area contributed by atoms with Gasteiger partial charge in [-0.3, -0.25) is 0 Å². The van der Waals surface area contributed by atoms with E-state index in [1.54, 1.807) is 0 Å². The lowest BCUT2D eigenvalue weighted by molar-refractivity contribution is 0.495. The fourth-order valence-electron chi connectivity index (χ4n) is 3.28. The van der Waals surface area contributed by atoms with Crippen LogP contribution in [0.15, 0.2) is 91.0 Å². The maximum atomic E-state index is 2.26. The van der Waals surface area contributed by atoms with E-state index in [1.807, 2.05) is 0 Å². The van der Waals surface area contributed by atoms with Gasteiger partial charge in [0.15, 0.2) is 0 Å². The molecular formula is C22H24N+. The molecule has 0 fully saturated rings. The molecule has 3 aromatic rings. The van der Waals surface area contributed by atoms with Crippen LogP contribution in [0.5, 0.6) is 0 Å². The molecule has 0 aromatic heterocycles. The molecule has 0 radical (unpaired) electrons. The van der Waals surface area contributed by atoms with E-state index in [9.17, 15) is 0 Å². The van der Waals surface area contributed by atoms with E-state index in [2.05, 4.69) is 97.9 Å². The first-order chi connectivity index (χ1) is 11.4. The molecule has 0 bridgehead atoms. The molecule has 23 heavy (non-hydrogen) atoms. The van der Waals surface area contributed by atoms with Crippen molar-refractivity contribution in [3.63, 3.8) is 0 Å². The van der Waals surface area contributed by atoms with Crippen molar-refractivity contribution in [2.24, 2.45) is 0 Å². The van der Waals surface area contributed by atoms with Crippen LogP contribution >= 0.6 is 0 Å². The van der Waals surface area contributed by atoms with Crippen LogP contribution < -0.4 is 4.48 Å². The quantitative estimate of drug-likeness (QED) is 0.458. The van der Waals surface area contributed by atoms with E-state index < -0.39 is 0 Å². The molecule has 0 N–H and O–H groups in total. The van der Waals surface area contributed by atoms with Crippen molar-refractivity contribution >= 4 is 17.1 Å². The second kappa shape index (κ2) is 7.26. The monoisotopic (exact) mass is 302 g/mol. The maximum Gasteiger partial charge on any atom is 0.143 e. The first kappa shape index (κ1) is 15.5. The van der Waals surface area contributed by atoms with Crippen LogP contribution in [-0.2, 0) is 0 Å². The third-order valence-electron chi connectivity index (χ3n) is 4.44. The Kier molecular flexibility index (Phi) is 4.89. The molecule has 3 aromatic carbocycles. The molecule has 0 amide bonds. The molecule has 1 nitrogen and oxygen atoms in total. The van der Waals surface area contributed by atoms with Crippen LogP contribution in [0, 0.1) is 0 Å². The van der Waals surface area contributed by atoms with Gasteiger partial charge in [0.05, 0.1) is 6.54 Å². The summed E-state index contributed by atoms with van der Waals surface area (Å²) in [4.78, 5) is 0. The lowest BCUT2D eigenvalue weighted by Gasteiger charge is -2.37. The summed E-state index contributed by atoms with van der Waals surface area (Å²) < 4.78 is 0.774. The van der Waals surface area contributed by atoms with Gasteiger partial charge in [0.2, 0.25) is 0 Å². The Balaban J connectivity index is 2.25. The number of benzene rings is 3. The Morgan fingerprint density at radius 3 is 1.22 bits per heavy atom. The molecule has 0 unspecified atom stereocenters. The summed E-state index contributed by atoms with van der Waals surface area (Å²) in [6, 6.07) is 32.6. The number of hydrogen-bond acceptors (Lipinski definition) is 0. The number of para-hydroxylation sites is 3. The molecule has 0 spiro atoms. The molecule has 0 heterocycles. The van der Waals surface area contributed by atoms with Gasteiger partial charge in [0.25, 0.3) is 0 Å². The molecule has 0 aliphatic heterocycles. The number of quaternary nitrogens is 1. The average molecular weight is 302 g/mol. The number of rotatable bonds is 6. The molecule has 0 aliphatic carbocycles. The summed E-state index contributed by atoms with van der Waals surface area (Å²) in [5.41, 5.74) is 3.95. The topological polar surface area (TPSA) is 0 Å². The normalized spacial score (nSPS) is 11.3. The summed E-state index contributed by atoms with van der Waals surface area (Å²) in [5.74, 6) is 0. The molecule has 0 saturated carbocycles. The molecular weight excluding hydrogens is 278 g/mol. The van der Waals surface area contributed by atoms with Gasteiger partial charge in [0.1, 0.15) is 17.1 Å². The van der Waals surface area contributed by atoms with Crippen molar-refractivity contribution in [1.29, 1.82) is 0 Å². The van der Waals surface area contributed by atoms with Crippen LogP contribution in [0.2, 0.25) is 0 Å². The largest absolute Gasteiger partial charge is 0.227 e. The van der Waals surface area contributed by atoms with Gasteiger partial charge in [-0.1, -0.05) is 67.9 Å². The smallest absolute Gasteiger partial charge is 0.143 e. The van der Waals surface area contributed by atoms with E-state index in [4.69, 9.17) is 0 Å². The summed E-state index contributed by atoms with van der Waals surface area (Å²) in [6.45, 7) is 3.32. The summed E-state index contributed by atoms with van der Waals surface area (Å²) >= 11 is 0. The van der Waals surface area contributed by atoms with Gasteiger partial charge in [-0.15, -0.1) is 0 Å². The Bertz CT molecular complexity index is 608. The van der Waals surface area contributed by atoms with Crippen molar-refractivity contribution in [2.45, 2.75) is 19.8 Å². The highest BCUT2D eigenvalue weighted by Crippen LogP contribution is 2.43. The van der Waals surface area contributed by atoms with Crippen molar-refractivity contribution in [3.05, 3.63) is 91.0 Å². The lowest BCUT2D eigenvalue weighted by Crippen LogP contribution is -2.39. The van der Waals surface area contributed by atoms with Crippen LogP contribution in [-0.4, -0.2) is 6.54 Å². The number of hydrogen-bond donors (Lipinski definition) is 0. The highest BCUT2D eigenvalue weighted by atomic mass is 15.4. The van der Waals surface area contributed by atoms with Crippen LogP contribution in [0.1, 0.15) is 19.8 Å².